The molecule has 0 bridgehead atoms. The van der Waals surface area contributed by atoms with Crippen molar-refractivity contribution in [2.24, 2.45) is 0 Å². The third-order valence-electron chi connectivity index (χ3n) is 4.26. The fourth-order valence-electron chi connectivity index (χ4n) is 3.14. The largest absolute Gasteiger partial charge is 0.365 e. The molecule has 0 radical (unpaired) electrons. The summed E-state index contributed by atoms with van der Waals surface area (Å²) >= 11 is 0. The normalized spacial score (nSPS) is 22.1. The number of hydrogen-bond acceptors (Lipinski definition) is 7. The summed E-state index contributed by atoms with van der Waals surface area (Å²) in [7, 11) is -2.92. The van der Waals surface area contributed by atoms with Crippen molar-refractivity contribution in [1.82, 2.24) is 15.2 Å². The SMILES string of the molecule is O=S1(=O)CCC(Nc2cnnc(N3CCc4ccccc43)n2)C1. The first kappa shape index (κ1) is 14.4. The second kappa shape index (κ2) is 5.45. The molecular formula is C15H17N5O2S. The minimum absolute atomic E-state index is 0.101. The van der Waals surface area contributed by atoms with Crippen LogP contribution in [0.4, 0.5) is 17.5 Å². The van der Waals surface area contributed by atoms with Gasteiger partial charge in [-0.15, -0.1) is 5.10 Å². The van der Waals surface area contributed by atoms with Gasteiger partial charge in [-0.2, -0.15) is 10.1 Å². The number of benzene rings is 1. The minimum atomic E-state index is -2.92. The quantitative estimate of drug-likeness (QED) is 0.903. The van der Waals surface area contributed by atoms with Gasteiger partial charge in [0.15, 0.2) is 15.7 Å². The van der Waals surface area contributed by atoms with Crippen LogP contribution in [0.3, 0.4) is 0 Å². The van der Waals surface area contributed by atoms with E-state index >= 15 is 0 Å². The van der Waals surface area contributed by atoms with E-state index in [0.717, 1.165) is 18.7 Å². The van der Waals surface area contributed by atoms with Gasteiger partial charge in [-0.1, -0.05) is 18.2 Å². The summed E-state index contributed by atoms with van der Waals surface area (Å²) in [5, 5.41) is 11.3. The predicted octanol–water partition coefficient (Wildman–Crippen LogP) is 1.16. The Kier molecular flexibility index (Phi) is 3.41. The van der Waals surface area contributed by atoms with Crippen molar-refractivity contribution >= 4 is 27.3 Å². The molecule has 1 unspecified atom stereocenters. The summed E-state index contributed by atoms with van der Waals surface area (Å²) in [4.78, 5) is 6.55. The van der Waals surface area contributed by atoms with Crippen molar-refractivity contribution in [1.29, 1.82) is 0 Å². The van der Waals surface area contributed by atoms with Crippen LogP contribution < -0.4 is 10.2 Å². The van der Waals surface area contributed by atoms with Gasteiger partial charge in [0.2, 0.25) is 0 Å². The van der Waals surface area contributed by atoms with Gasteiger partial charge in [-0.25, -0.2) is 8.42 Å². The average Bonchev–Trinajstić information content (AvgIpc) is 3.11. The van der Waals surface area contributed by atoms with E-state index in [1.807, 2.05) is 17.0 Å². The zero-order valence-corrected chi connectivity index (χ0v) is 13.3. The second-order valence-electron chi connectivity index (χ2n) is 5.92. The van der Waals surface area contributed by atoms with E-state index in [2.05, 4.69) is 32.6 Å². The summed E-state index contributed by atoms with van der Waals surface area (Å²) in [6.45, 7) is 0.822. The summed E-state index contributed by atoms with van der Waals surface area (Å²) in [6, 6.07) is 8.08. The summed E-state index contributed by atoms with van der Waals surface area (Å²) in [5.74, 6) is 1.50. The van der Waals surface area contributed by atoms with E-state index in [1.165, 1.54) is 11.8 Å². The molecule has 23 heavy (non-hydrogen) atoms. The Morgan fingerprint density at radius 2 is 2.13 bits per heavy atom. The molecule has 2 aliphatic rings. The predicted molar refractivity (Wildman–Crippen MR) is 87.7 cm³/mol. The molecule has 120 valence electrons. The molecule has 2 aliphatic heterocycles. The highest BCUT2D eigenvalue weighted by Crippen LogP contribution is 2.32. The molecule has 2 aromatic rings. The maximum absolute atomic E-state index is 11.5. The molecule has 0 amide bonds. The van der Waals surface area contributed by atoms with Crippen molar-refractivity contribution in [3.63, 3.8) is 0 Å². The topological polar surface area (TPSA) is 88.1 Å². The van der Waals surface area contributed by atoms with E-state index in [0.29, 0.717) is 18.2 Å². The Labute approximate surface area is 134 Å². The fraction of sp³-hybridized carbons (Fsp3) is 0.400. The van der Waals surface area contributed by atoms with Gasteiger partial charge >= 0.3 is 0 Å². The lowest BCUT2D eigenvalue weighted by Crippen LogP contribution is -2.23. The van der Waals surface area contributed by atoms with E-state index in [4.69, 9.17) is 0 Å². The van der Waals surface area contributed by atoms with Crippen LogP contribution in [-0.2, 0) is 16.3 Å². The van der Waals surface area contributed by atoms with Gasteiger partial charge in [0.1, 0.15) is 0 Å². The first-order chi connectivity index (χ1) is 11.1. The van der Waals surface area contributed by atoms with E-state index in [-0.39, 0.29) is 17.5 Å². The molecular weight excluding hydrogens is 314 g/mol. The minimum Gasteiger partial charge on any atom is -0.365 e. The first-order valence-corrected chi connectivity index (χ1v) is 9.45. The van der Waals surface area contributed by atoms with Gasteiger partial charge in [-0.3, -0.25) is 0 Å². The molecule has 1 saturated heterocycles. The van der Waals surface area contributed by atoms with Crippen molar-refractivity contribution in [2.45, 2.75) is 18.9 Å². The van der Waals surface area contributed by atoms with Gasteiger partial charge in [0.25, 0.3) is 5.95 Å². The van der Waals surface area contributed by atoms with Crippen molar-refractivity contribution in [3.05, 3.63) is 36.0 Å². The highest BCUT2D eigenvalue weighted by Gasteiger charge is 2.28. The van der Waals surface area contributed by atoms with Crippen LogP contribution in [0.5, 0.6) is 0 Å². The second-order valence-corrected chi connectivity index (χ2v) is 8.14. The fourth-order valence-corrected chi connectivity index (χ4v) is 4.82. The van der Waals surface area contributed by atoms with Crippen LogP contribution in [0.25, 0.3) is 0 Å². The van der Waals surface area contributed by atoms with E-state index in [9.17, 15) is 8.42 Å². The zero-order chi connectivity index (χ0) is 15.9. The first-order valence-electron chi connectivity index (χ1n) is 7.63. The third kappa shape index (κ3) is 2.86. The van der Waals surface area contributed by atoms with E-state index < -0.39 is 9.84 Å². The molecule has 0 spiro atoms. The van der Waals surface area contributed by atoms with Crippen LogP contribution in [0.2, 0.25) is 0 Å². The van der Waals surface area contributed by atoms with Crippen LogP contribution in [0.1, 0.15) is 12.0 Å². The lowest BCUT2D eigenvalue weighted by Gasteiger charge is -2.18. The van der Waals surface area contributed by atoms with Gasteiger partial charge in [0, 0.05) is 18.3 Å². The number of aromatic nitrogens is 3. The molecule has 1 fully saturated rings. The Bertz CT molecular complexity index is 839. The number of para-hydroxylation sites is 1. The highest BCUT2D eigenvalue weighted by atomic mass is 32.2. The number of sulfone groups is 1. The number of rotatable bonds is 3. The van der Waals surface area contributed by atoms with Crippen molar-refractivity contribution < 1.29 is 8.42 Å². The Morgan fingerprint density at radius 1 is 1.26 bits per heavy atom. The van der Waals surface area contributed by atoms with Crippen LogP contribution >= 0.6 is 0 Å². The molecule has 1 aromatic heterocycles. The molecule has 1 aromatic carbocycles. The van der Waals surface area contributed by atoms with Crippen LogP contribution in [0, 0.1) is 0 Å². The summed E-state index contributed by atoms with van der Waals surface area (Å²) in [6.07, 6.45) is 3.10. The molecule has 0 saturated carbocycles. The Hall–Kier alpha value is -2.22. The average molecular weight is 331 g/mol. The molecule has 0 aliphatic carbocycles. The van der Waals surface area contributed by atoms with Gasteiger partial charge in [0.05, 0.1) is 17.7 Å². The number of nitrogens with one attached hydrogen (secondary N) is 1. The summed E-state index contributed by atoms with van der Waals surface area (Å²) < 4.78 is 23.1. The highest BCUT2D eigenvalue weighted by molar-refractivity contribution is 7.91. The number of nitrogens with zero attached hydrogens (tertiary/aromatic N) is 4. The lowest BCUT2D eigenvalue weighted by molar-refractivity contribution is 0.602. The van der Waals surface area contributed by atoms with Gasteiger partial charge in [-0.05, 0) is 24.5 Å². The molecule has 1 atom stereocenters. The van der Waals surface area contributed by atoms with Crippen molar-refractivity contribution in [2.75, 3.05) is 28.3 Å². The smallest absolute Gasteiger partial charge is 0.251 e. The molecule has 1 N–H and O–H groups in total. The monoisotopic (exact) mass is 331 g/mol. The lowest BCUT2D eigenvalue weighted by atomic mass is 10.2. The standard InChI is InChI=1S/C15H17N5O2S/c21-23(22)8-6-12(10-23)17-14-9-16-19-15(18-14)20-7-5-11-3-1-2-4-13(11)20/h1-4,9,12H,5-8,10H2,(H,17,18,19). The van der Waals surface area contributed by atoms with E-state index in [1.54, 1.807) is 0 Å². The number of fused-ring (bicyclic) bond motifs is 1. The third-order valence-corrected chi connectivity index (χ3v) is 6.03. The maximum Gasteiger partial charge on any atom is 0.251 e. The molecule has 7 nitrogen and oxygen atoms in total. The zero-order valence-electron chi connectivity index (χ0n) is 12.5. The van der Waals surface area contributed by atoms with Crippen LogP contribution in [-0.4, -0.2) is 47.7 Å². The molecule has 8 heteroatoms. The van der Waals surface area contributed by atoms with Gasteiger partial charge < -0.3 is 10.2 Å². The molecule has 4 rings (SSSR count). The van der Waals surface area contributed by atoms with Crippen LogP contribution in [0.15, 0.2) is 30.5 Å². The number of anilines is 3. The van der Waals surface area contributed by atoms with Crippen molar-refractivity contribution in [3.8, 4) is 0 Å². The number of hydrogen-bond donors (Lipinski definition) is 1. The molecule has 3 heterocycles. The summed E-state index contributed by atoms with van der Waals surface area (Å²) in [5.41, 5.74) is 2.38. The Balaban J connectivity index is 1.56. The Morgan fingerprint density at radius 3 is 2.96 bits per heavy atom. The maximum atomic E-state index is 11.5.